The van der Waals surface area contributed by atoms with E-state index in [2.05, 4.69) is 19.8 Å². The molecule has 5 nitrogen and oxygen atoms in total. The third-order valence-corrected chi connectivity index (χ3v) is 2.36. The van der Waals surface area contributed by atoms with E-state index in [4.69, 9.17) is 5.11 Å². The van der Waals surface area contributed by atoms with Gasteiger partial charge in [0.2, 0.25) is 0 Å². The summed E-state index contributed by atoms with van der Waals surface area (Å²) in [6, 6.07) is 0. The number of unbranched alkanes of at least 4 members (excludes halogenated alkanes) is 2. The van der Waals surface area contributed by atoms with E-state index >= 15 is 0 Å². The molecule has 1 rings (SSSR count). The molecule has 15 heavy (non-hydrogen) atoms. The van der Waals surface area contributed by atoms with Crippen molar-refractivity contribution in [3.8, 4) is 0 Å². The van der Waals surface area contributed by atoms with Crippen LogP contribution >= 0.6 is 0 Å². The molecule has 0 unspecified atom stereocenters. The average Bonchev–Trinajstić information content (AvgIpc) is 2.59. The minimum Gasteiger partial charge on any atom is -0.396 e. The molecule has 1 aromatic heterocycles. The molecule has 0 atom stereocenters. The molecule has 86 valence electrons. The highest BCUT2D eigenvalue weighted by molar-refractivity contribution is 5.03. The van der Waals surface area contributed by atoms with Crippen LogP contribution in [0.3, 0.4) is 0 Å². The lowest BCUT2D eigenvalue weighted by molar-refractivity contribution is 0.265. The van der Waals surface area contributed by atoms with Gasteiger partial charge < -0.3 is 10.0 Å². The maximum absolute atomic E-state index is 8.63. The predicted molar refractivity (Wildman–Crippen MR) is 56.3 cm³/mol. The van der Waals surface area contributed by atoms with Crippen LogP contribution in [0.4, 0.5) is 0 Å². The molecule has 0 aliphatic rings. The second-order valence-electron chi connectivity index (χ2n) is 3.82. The van der Waals surface area contributed by atoms with Crippen molar-refractivity contribution < 1.29 is 9.74 Å². The summed E-state index contributed by atoms with van der Waals surface area (Å²) in [6.45, 7) is 3.96. The third-order valence-electron chi connectivity index (χ3n) is 2.36. The molecule has 0 saturated carbocycles. The SMILES string of the molecule is Cc1nonc1CN(C)CCCCCO. The predicted octanol–water partition coefficient (Wildman–Crippen LogP) is 0.972. The Morgan fingerprint density at radius 1 is 1.27 bits per heavy atom. The first-order chi connectivity index (χ1) is 7.24. The number of hydrogen-bond acceptors (Lipinski definition) is 5. The van der Waals surface area contributed by atoms with Gasteiger partial charge in [0, 0.05) is 13.2 Å². The second-order valence-corrected chi connectivity index (χ2v) is 3.82. The van der Waals surface area contributed by atoms with E-state index in [0.717, 1.165) is 43.7 Å². The number of nitrogens with zero attached hydrogens (tertiary/aromatic N) is 3. The van der Waals surface area contributed by atoms with Gasteiger partial charge in [-0.25, -0.2) is 4.63 Å². The first kappa shape index (κ1) is 12.1. The van der Waals surface area contributed by atoms with Gasteiger partial charge in [0.1, 0.15) is 11.4 Å². The topological polar surface area (TPSA) is 62.4 Å². The van der Waals surface area contributed by atoms with Crippen LogP contribution in [0.5, 0.6) is 0 Å². The maximum atomic E-state index is 8.63. The zero-order chi connectivity index (χ0) is 11.1. The first-order valence-corrected chi connectivity index (χ1v) is 5.31. The Kier molecular flexibility index (Phi) is 5.28. The molecular formula is C10H19N3O2. The largest absolute Gasteiger partial charge is 0.396 e. The van der Waals surface area contributed by atoms with Gasteiger partial charge in [0.05, 0.1) is 0 Å². The van der Waals surface area contributed by atoms with Gasteiger partial charge in [-0.2, -0.15) is 0 Å². The van der Waals surface area contributed by atoms with Crippen LogP contribution in [0.2, 0.25) is 0 Å². The van der Waals surface area contributed by atoms with Gasteiger partial charge in [-0.3, -0.25) is 0 Å². The molecule has 0 aliphatic carbocycles. The number of rotatable bonds is 7. The van der Waals surface area contributed by atoms with Crippen molar-refractivity contribution in [2.45, 2.75) is 32.7 Å². The standard InChI is InChI=1S/C10H19N3O2/c1-9-10(12-15-11-9)8-13(2)6-4-3-5-7-14/h14H,3-8H2,1-2H3. The summed E-state index contributed by atoms with van der Waals surface area (Å²) in [5.74, 6) is 0. The molecule has 0 amide bonds. The van der Waals surface area contributed by atoms with Crippen molar-refractivity contribution in [1.29, 1.82) is 0 Å². The normalized spacial score (nSPS) is 11.2. The molecule has 0 bridgehead atoms. The summed E-state index contributed by atoms with van der Waals surface area (Å²) in [4.78, 5) is 2.18. The van der Waals surface area contributed by atoms with Crippen LogP contribution in [0.15, 0.2) is 4.63 Å². The summed E-state index contributed by atoms with van der Waals surface area (Å²) >= 11 is 0. The summed E-state index contributed by atoms with van der Waals surface area (Å²) < 4.78 is 4.63. The second kappa shape index (κ2) is 6.53. The van der Waals surface area contributed by atoms with Gasteiger partial charge in [0.25, 0.3) is 0 Å². The zero-order valence-electron chi connectivity index (χ0n) is 9.44. The Hall–Kier alpha value is -0.940. The number of hydrogen-bond donors (Lipinski definition) is 1. The van der Waals surface area contributed by atoms with E-state index in [1.165, 1.54) is 0 Å². The summed E-state index contributed by atoms with van der Waals surface area (Å²) in [5, 5.41) is 16.2. The third kappa shape index (κ3) is 4.40. The van der Waals surface area contributed by atoms with E-state index in [-0.39, 0.29) is 6.61 Å². The van der Waals surface area contributed by atoms with E-state index in [1.54, 1.807) is 0 Å². The van der Waals surface area contributed by atoms with Crippen molar-refractivity contribution >= 4 is 0 Å². The minimum atomic E-state index is 0.288. The van der Waals surface area contributed by atoms with Crippen LogP contribution in [0.25, 0.3) is 0 Å². The smallest absolute Gasteiger partial charge is 0.122 e. The molecule has 0 aromatic carbocycles. The molecule has 1 aromatic rings. The highest BCUT2D eigenvalue weighted by Crippen LogP contribution is 2.05. The van der Waals surface area contributed by atoms with Gasteiger partial charge in [-0.1, -0.05) is 10.3 Å². The number of aliphatic hydroxyl groups is 1. The lowest BCUT2D eigenvalue weighted by Crippen LogP contribution is -2.19. The van der Waals surface area contributed by atoms with Crippen molar-refractivity contribution in [2.24, 2.45) is 0 Å². The molecule has 1 N–H and O–H groups in total. The summed E-state index contributed by atoms with van der Waals surface area (Å²) in [6.07, 6.45) is 3.05. The lowest BCUT2D eigenvalue weighted by Gasteiger charge is -2.14. The fourth-order valence-electron chi connectivity index (χ4n) is 1.40. The molecule has 0 spiro atoms. The molecule has 0 saturated heterocycles. The van der Waals surface area contributed by atoms with Crippen LogP contribution in [0.1, 0.15) is 30.7 Å². The van der Waals surface area contributed by atoms with E-state index < -0.39 is 0 Å². The van der Waals surface area contributed by atoms with Crippen LogP contribution in [0, 0.1) is 6.92 Å². The first-order valence-electron chi connectivity index (χ1n) is 5.31. The highest BCUT2D eigenvalue weighted by Gasteiger charge is 2.07. The Morgan fingerprint density at radius 2 is 2.07 bits per heavy atom. The quantitative estimate of drug-likeness (QED) is 0.684. The number of aliphatic hydroxyl groups excluding tert-OH is 1. The fraction of sp³-hybridized carbons (Fsp3) is 0.800. The Bertz CT molecular complexity index is 275. The summed E-state index contributed by atoms with van der Waals surface area (Å²) in [5.41, 5.74) is 1.76. The van der Waals surface area contributed by atoms with Crippen molar-refractivity contribution in [2.75, 3.05) is 20.2 Å². The molecular weight excluding hydrogens is 194 g/mol. The van der Waals surface area contributed by atoms with Gasteiger partial charge in [-0.15, -0.1) is 0 Å². The Morgan fingerprint density at radius 3 is 2.67 bits per heavy atom. The Labute approximate surface area is 90.0 Å². The van der Waals surface area contributed by atoms with Crippen molar-refractivity contribution in [3.63, 3.8) is 0 Å². The molecule has 0 aliphatic heterocycles. The molecule has 0 radical (unpaired) electrons. The summed E-state index contributed by atoms with van der Waals surface area (Å²) in [7, 11) is 2.05. The van der Waals surface area contributed by atoms with Crippen LogP contribution in [-0.2, 0) is 6.54 Å². The van der Waals surface area contributed by atoms with E-state index in [9.17, 15) is 0 Å². The zero-order valence-corrected chi connectivity index (χ0v) is 9.44. The van der Waals surface area contributed by atoms with Crippen molar-refractivity contribution in [3.05, 3.63) is 11.4 Å². The van der Waals surface area contributed by atoms with E-state index in [0.29, 0.717) is 0 Å². The number of aromatic nitrogens is 2. The molecule has 1 heterocycles. The maximum Gasteiger partial charge on any atom is 0.122 e. The van der Waals surface area contributed by atoms with Crippen LogP contribution < -0.4 is 0 Å². The fourth-order valence-corrected chi connectivity index (χ4v) is 1.40. The van der Waals surface area contributed by atoms with E-state index in [1.807, 2.05) is 14.0 Å². The average molecular weight is 213 g/mol. The molecule has 5 heteroatoms. The van der Waals surface area contributed by atoms with Gasteiger partial charge >= 0.3 is 0 Å². The Balaban J connectivity index is 2.18. The van der Waals surface area contributed by atoms with Gasteiger partial charge in [0.15, 0.2) is 0 Å². The number of aryl methyl sites for hydroxylation is 1. The minimum absolute atomic E-state index is 0.288. The van der Waals surface area contributed by atoms with Crippen LogP contribution in [-0.4, -0.2) is 40.5 Å². The lowest BCUT2D eigenvalue weighted by atomic mass is 10.2. The monoisotopic (exact) mass is 213 g/mol. The molecule has 0 fully saturated rings. The van der Waals surface area contributed by atoms with Gasteiger partial charge in [-0.05, 0) is 39.8 Å². The van der Waals surface area contributed by atoms with Crippen molar-refractivity contribution in [1.82, 2.24) is 15.2 Å². The highest BCUT2D eigenvalue weighted by atomic mass is 16.6.